The van der Waals surface area contributed by atoms with Crippen LogP contribution < -0.4 is 0 Å². The zero-order chi connectivity index (χ0) is 11.5. The molecule has 0 N–H and O–H groups in total. The van der Waals surface area contributed by atoms with E-state index in [0.717, 1.165) is 0 Å². The van der Waals surface area contributed by atoms with E-state index < -0.39 is 0 Å². The molecule has 0 spiro atoms. The normalized spacial score (nSPS) is 30.5. The van der Waals surface area contributed by atoms with Crippen molar-refractivity contribution in [2.24, 2.45) is 16.2 Å². The molecule has 2 aliphatic carbocycles. The number of hydrogen-bond acceptors (Lipinski definition) is 0. The summed E-state index contributed by atoms with van der Waals surface area (Å²) < 4.78 is 0. The minimum absolute atomic E-state index is 0.308. The fourth-order valence-corrected chi connectivity index (χ4v) is 3.31. The van der Waals surface area contributed by atoms with Crippen LogP contribution in [0, 0.1) is 16.2 Å². The molecule has 0 amide bonds. The average molecular weight is 204 g/mol. The van der Waals surface area contributed by atoms with Gasteiger partial charge < -0.3 is 0 Å². The molecule has 0 aromatic rings. The predicted octanol–water partition coefficient (Wildman–Crippen LogP) is 4.73. The quantitative estimate of drug-likeness (QED) is 0.535. The number of fused-ring (bicyclic) bond motifs is 1. The second-order valence-corrected chi connectivity index (χ2v) is 6.69. The summed E-state index contributed by atoms with van der Waals surface area (Å²) in [6.45, 7) is 14.5. The van der Waals surface area contributed by atoms with Gasteiger partial charge in [-0.1, -0.05) is 53.7 Å². The maximum atomic E-state index is 2.48. The third-order valence-corrected chi connectivity index (χ3v) is 5.63. The topological polar surface area (TPSA) is 0 Å². The summed E-state index contributed by atoms with van der Waals surface area (Å²) in [5, 5.41) is 0. The van der Waals surface area contributed by atoms with Crippen LogP contribution in [0.2, 0.25) is 0 Å². The average Bonchev–Trinajstić information content (AvgIpc) is 2.26. The Labute approximate surface area is 94.5 Å². The molecule has 0 aliphatic heterocycles. The Kier molecular flexibility index (Phi) is 2.04. The van der Waals surface area contributed by atoms with Crippen molar-refractivity contribution in [1.29, 1.82) is 0 Å². The van der Waals surface area contributed by atoms with E-state index >= 15 is 0 Å². The SMILES string of the molecule is CC1(C)C2=CCCC=C2C(C)(C)C1(C)C. The van der Waals surface area contributed by atoms with Gasteiger partial charge in [-0.3, -0.25) is 0 Å². The standard InChI is InChI=1S/C15H24/c1-13(2)11-9-7-8-10-12(11)14(3,4)15(13,5)6/h9-10H,7-8H2,1-6H3. The molecule has 15 heavy (non-hydrogen) atoms. The van der Waals surface area contributed by atoms with Gasteiger partial charge in [-0.25, -0.2) is 0 Å². The molecule has 0 heteroatoms. The highest BCUT2D eigenvalue weighted by Gasteiger charge is 2.58. The van der Waals surface area contributed by atoms with Crippen molar-refractivity contribution in [2.75, 3.05) is 0 Å². The largest absolute Gasteiger partial charge is 0.0802 e. The molecule has 0 radical (unpaired) electrons. The maximum Gasteiger partial charge on any atom is -0.00445 e. The van der Waals surface area contributed by atoms with E-state index in [1.165, 1.54) is 12.8 Å². The van der Waals surface area contributed by atoms with Crippen LogP contribution in [0.4, 0.5) is 0 Å². The summed E-state index contributed by atoms with van der Waals surface area (Å²) in [5.41, 5.74) is 4.18. The van der Waals surface area contributed by atoms with E-state index in [-0.39, 0.29) is 0 Å². The van der Waals surface area contributed by atoms with E-state index in [4.69, 9.17) is 0 Å². The second-order valence-electron chi connectivity index (χ2n) is 6.69. The summed E-state index contributed by atoms with van der Waals surface area (Å²) in [6.07, 6.45) is 7.42. The maximum absolute atomic E-state index is 2.48. The summed E-state index contributed by atoms with van der Waals surface area (Å²) in [4.78, 5) is 0. The molecule has 1 fully saturated rings. The summed E-state index contributed by atoms with van der Waals surface area (Å²) >= 11 is 0. The van der Waals surface area contributed by atoms with Crippen LogP contribution >= 0.6 is 0 Å². The summed E-state index contributed by atoms with van der Waals surface area (Å²) in [7, 11) is 0. The van der Waals surface area contributed by atoms with E-state index in [1.54, 1.807) is 11.1 Å². The van der Waals surface area contributed by atoms with Gasteiger partial charge in [0.05, 0.1) is 0 Å². The first-order valence-electron chi connectivity index (χ1n) is 6.14. The van der Waals surface area contributed by atoms with Gasteiger partial charge in [-0.2, -0.15) is 0 Å². The van der Waals surface area contributed by atoms with E-state index in [9.17, 15) is 0 Å². The van der Waals surface area contributed by atoms with Gasteiger partial charge in [-0.05, 0) is 40.2 Å². The third kappa shape index (κ3) is 1.08. The first-order valence-corrected chi connectivity index (χ1v) is 6.14. The molecule has 2 rings (SSSR count). The van der Waals surface area contributed by atoms with Gasteiger partial charge in [0.2, 0.25) is 0 Å². The second kappa shape index (κ2) is 2.78. The first-order chi connectivity index (χ1) is 6.73. The van der Waals surface area contributed by atoms with Crippen molar-refractivity contribution in [1.82, 2.24) is 0 Å². The summed E-state index contributed by atoms with van der Waals surface area (Å²) in [5.74, 6) is 0. The van der Waals surface area contributed by atoms with Gasteiger partial charge in [0.1, 0.15) is 0 Å². The first kappa shape index (κ1) is 11.0. The molecule has 0 aromatic heterocycles. The van der Waals surface area contributed by atoms with Crippen molar-refractivity contribution in [3.05, 3.63) is 23.3 Å². The number of hydrogen-bond donors (Lipinski definition) is 0. The minimum Gasteiger partial charge on any atom is -0.0802 e. The van der Waals surface area contributed by atoms with Gasteiger partial charge in [0.15, 0.2) is 0 Å². The molecule has 1 saturated carbocycles. The Morgan fingerprint density at radius 3 is 1.40 bits per heavy atom. The van der Waals surface area contributed by atoms with E-state index in [1.807, 2.05) is 0 Å². The number of allylic oxidation sites excluding steroid dienone is 4. The van der Waals surface area contributed by atoms with Crippen LogP contribution in [0.15, 0.2) is 23.3 Å². The molecular weight excluding hydrogens is 180 g/mol. The molecule has 84 valence electrons. The lowest BCUT2D eigenvalue weighted by Gasteiger charge is -2.43. The van der Waals surface area contributed by atoms with Gasteiger partial charge in [-0.15, -0.1) is 0 Å². The molecule has 0 aromatic carbocycles. The van der Waals surface area contributed by atoms with Crippen molar-refractivity contribution in [3.63, 3.8) is 0 Å². The van der Waals surface area contributed by atoms with Crippen molar-refractivity contribution < 1.29 is 0 Å². The zero-order valence-corrected chi connectivity index (χ0v) is 11.1. The van der Waals surface area contributed by atoms with Crippen LogP contribution in [-0.4, -0.2) is 0 Å². The van der Waals surface area contributed by atoms with Crippen molar-refractivity contribution >= 4 is 0 Å². The molecule has 0 nitrogen and oxygen atoms in total. The number of rotatable bonds is 0. The highest BCUT2D eigenvalue weighted by Crippen LogP contribution is 2.67. The Bertz CT molecular complexity index is 314. The molecular formula is C15H24. The van der Waals surface area contributed by atoms with Crippen LogP contribution in [0.1, 0.15) is 54.4 Å². The Morgan fingerprint density at radius 1 is 0.733 bits per heavy atom. The van der Waals surface area contributed by atoms with Crippen LogP contribution in [-0.2, 0) is 0 Å². The van der Waals surface area contributed by atoms with Crippen LogP contribution in [0.3, 0.4) is 0 Å². The zero-order valence-electron chi connectivity index (χ0n) is 11.1. The monoisotopic (exact) mass is 204 g/mol. The van der Waals surface area contributed by atoms with Crippen molar-refractivity contribution in [2.45, 2.75) is 54.4 Å². The van der Waals surface area contributed by atoms with E-state index in [2.05, 4.69) is 53.7 Å². The van der Waals surface area contributed by atoms with Crippen LogP contribution in [0.25, 0.3) is 0 Å². The van der Waals surface area contributed by atoms with Crippen molar-refractivity contribution in [3.8, 4) is 0 Å². The highest BCUT2D eigenvalue weighted by atomic mass is 14.6. The molecule has 0 heterocycles. The van der Waals surface area contributed by atoms with Crippen LogP contribution in [0.5, 0.6) is 0 Å². The third-order valence-electron chi connectivity index (χ3n) is 5.63. The highest BCUT2D eigenvalue weighted by molar-refractivity contribution is 5.50. The minimum atomic E-state index is 0.308. The molecule has 0 atom stereocenters. The smallest absolute Gasteiger partial charge is 0.00445 e. The lowest BCUT2D eigenvalue weighted by molar-refractivity contribution is 0.0752. The van der Waals surface area contributed by atoms with Gasteiger partial charge >= 0.3 is 0 Å². The Hall–Kier alpha value is -0.520. The Morgan fingerprint density at radius 2 is 1.07 bits per heavy atom. The Balaban J connectivity index is 2.66. The molecule has 0 unspecified atom stereocenters. The molecule has 2 aliphatic rings. The lowest BCUT2D eigenvalue weighted by Crippen LogP contribution is -2.37. The molecule has 0 bridgehead atoms. The molecule has 0 saturated heterocycles. The lowest BCUT2D eigenvalue weighted by atomic mass is 9.60. The fourth-order valence-electron chi connectivity index (χ4n) is 3.31. The predicted molar refractivity (Wildman–Crippen MR) is 66.7 cm³/mol. The fraction of sp³-hybridized carbons (Fsp3) is 0.733. The van der Waals surface area contributed by atoms with Gasteiger partial charge in [0, 0.05) is 0 Å². The summed E-state index contributed by atoms with van der Waals surface area (Å²) in [6, 6.07) is 0. The van der Waals surface area contributed by atoms with E-state index in [0.29, 0.717) is 16.2 Å². The van der Waals surface area contributed by atoms with Gasteiger partial charge in [0.25, 0.3) is 0 Å².